The molecule has 1 aliphatic heterocycles. The van der Waals surface area contributed by atoms with E-state index in [0.717, 1.165) is 32.8 Å². The Kier molecular flexibility index (Phi) is 5.13. The standard InChI is InChI=1S/C14H20FNO3/c1-11(17)12-2-3-14(13(15)10-12)19-9-6-16-4-7-18-8-5-16/h2-3,10-11,17H,4-9H2,1H3/t11-/m0/s1. The van der Waals surface area contributed by atoms with E-state index < -0.39 is 11.9 Å². The van der Waals surface area contributed by atoms with Crippen LogP contribution < -0.4 is 4.74 Å². The van der Waals surface area contributed by atoms with Gasteiger partial charge in [0.05, 0.1) is 19.3 Å². The van der Waals surface area contributed by atoms with Gasteiger partial charge in [-0.2, -0.15) is 0 Å². The molecular formula is C14H20FNO3. The zero-order valence-corrected chi connectivity index (χ0v) is 11.1. The Morgan fingerprint density at radius 2 is 2.16 bits per heavy atom. The summed E-state index contributed by atoms with van der Waals surface area (Å²) in [5.74, 6) is -0.196. The second kappa shape index (κ2) is 6.84. The van der Waals surface area contributed by atoms with Crippen molar-refractivity contribution in [2.45, 2.75) is 13.0 Å². The largest absolute Gasteiger partial charge is 0.489 e. The van der Waals surface area contributed by atoms with Crippen LogP contribution in [0.4, 0.5) is 4.39 Å². The minimum absolute atomic E-state index is 0.234. The summed E-state index contributed by atoms with van der Waals surface area (Å²) in [4.78, 5) is 2.23. The van der Waals surface area contributed by atoms with Crippen molar-refractivity contribution in [3.05, 3.63) is 29.6 Å². The monoisotopic (exact) mass is 269 g/mol. The van der Waals surface area contributed by atoms with Gasteiger partial charge in [-0.15, -0.1) is 0 Å². The molecule has 0 amide bonds. The van der Waals surface area contributed by atoms with Crippen LogP contribution in [0.25, 0.3) is 0 Å². The molecule has 19 heavy (non-hydrogen) atoms. The van der Waals surface area contributed by atoms with Crippen LogP contribution in [0.15, 0.2) is 18.2 Å². The lowest BCUT2D eigenvalue weighted by molar-refractivity contribution is 0.0320. The highest BCUT2D eigenvalue weighted by Gasteiger charge is 2.11. The van der Waals surface area contributed by atoms with Crippen molar-refractivity contribution in [1.29, 1.82) is 0 Å². The van der Waals surface area contributed by atoms with Crippen LogP contribution in [-0.2, 0) is 4.74 Å². The summed E-state index contributed by atoms with van der Waals surface area (Å²) < 4.78 is 24.4. The lowest BCUT2D eigenvalue weighted by Crippen LogP contribution is -2.38. The second-order valence-electron chi connectivity index (χ2n) is 4.67. The Balaban J connectivity index is 1.82. The van der Waals surface area contributed by atoms with E-state index in [4.69, 9.17) is 9.47 Å². The molecule has 0 saturated carbocycles. The van der Waals surface area contributed by atoms with Crippen molar-refractivity contribution in [1.82, 2.24) is 4.90 Å². The molecule has 1 aromatic rings. The molecule has 0 spiro atoms. The van der Waals surface area contributed by atoms with Crippen LogP contribution in [0.3, 0.4) is 0 Å². The predicted octanol–water partition coefficient (Wildman–Crippen LogP) is 1.59. The number of rotatable bonds is 5. The van der Waals surface area contributed by atoms with Gasteiger partial charge in [0.1, 0.15) is 6.61 Å². The molecule has 1 fully saturated rings. The van der Waals surface area contributed by atoms with Crippen molar-refractivity contribution >= 4 is 0 Å². The maximum Gasteiger partial charge on any atom is 0.165 e. The lowest BCUT2D eigenvalue weighted by atomic mass is 10.1. The molecule has 106 valence electrons. The van der Waals surface area contributed by atoms with Gasteiger partial charge in [0.25, 0.3) is 0 Å². The number of hydrogen-bond acceptors (Lipinski definition) is 4. The molecule has 1 saturated heterocycles. The number of halogens is 1. The van der Waals surface area contributed by atoms with Crippen molar-refractivity contribution in [2.24, 2.45) is 0 Å². The fourth-order valence-corrected chi connectivity index (χ4v) is 2.00. The Morgan fingerprint density at radius 1 is 1.42 bits per heavy atom. The number of hydrogen-bond donors (Lipinski definition) is 1. The summed E-state index contributed by atoms with van der Waals surface area (Å²) in [5.41, 5.74) is 0.554. The first-order valence-corrected chi connectivity index (χ1v) is 6.57. The molecule has 0 aliphatic carbocycles. The van der Waals surface area contributed by atoms with Crippen molar-refractivity contribution in [2.75, 3.05) is 39.5 Å². The van der Waals surface area contributed by atoms with E-state index in [1.165, 1.54) is 6.07 Å². The summed E-state index contributed by atoms with van der Waals surface area (Å²) in [6.07, 6.45) is -0.670. The van der Waals surface area contributed by atoms with Gasteiger partial charge in [-0.1, -0.05) is 6.07 Å². The number of aliphatic hydroxyl groups excluding tert-OH is 1. The molecular weight excluding hydrogens is 249 g/mol. The third kappa shape index (κ3) is 4.16. The van der Waals surface area contributed by atoms with Crippen molar-refractivity contribution in [3.8, 4) is 5.75 Å². The lowest BCUT2D eigenvalue weighted by Gasteiger charge is -2.26. The Hall–Kier alpha value is -1.17. The Labute approximate surface area is 112 Å². The highest BCUT2D eigenvalue weighted by atomic mass is 19.1. The van der Waals surface area contributed by atoms with Gasteiger partial charge in [-0.25, -0.2) is 4.39 Å². The summed E-state index contributed by atoms with van der Waals surface area (Å²) in [6, 6.07) is 4.56. The third-order valence-corrected chi connectivity index (χ3v) is 3.21. The quantitative estimate of drug-likeness (QED) is 0.881. The van der Waals surface area contributed by atoms with Gasteiger partial charge in [-0.3, -0.25) is 4.90 Å². The third-order valence-electron chi connectivity index (χ3n) is 3.21. The van der Waals surface area contributed by atoms with Crippen LogP contribution in [-0.4, -0.2) is 49.5 Å². The van der Waals surface area contributed by atoms with Gasteiger partial charge in [0, 0.05) is 19.6 Å². The van der Waals surface area contributed by atoms with Crippen LogP contribution >= 0.6 is 0 Å². The zero-order valence-electron chi connectivity index (χ0n) is 11.1. The Bertz CT molecular complexity index is 406. The summed E-state index contributed by atoms with van der Waals surface area (Å²) in [6.45, 7) is 6.11. The highest BCUT2D eigenvalue weighted by molar-refractivity contribution is 5.30. The first-order valence-electron chi connectivity index (χ1n) is 6.57. The van der Waals surface area contributed by atoms with E-state index in [0.29, 0.717) is 12.2 Å². The van der Waals surface area contributed by atoms with E-state index in [9.17, 15) is 9.50 Å². The van der Waals surface area contributed by atoms with E-state index in [-0.39, 0.29) is 5.75 Å². The van der Waals surface area contributed by atoms with Crippen LogP contribution in [0.5, 0.6) is 5.75 Å². The molecule has 0 unspecified atom stereocenters. The smallest absolute Gasteiger partial charge is 0.165 e. The average molecular weight is 269 g/mol. The zero-order chi connectivity index (χ0) is 13.7. The summed E-state index contributed by atoms with van der Waals surface area (Å²) in [5, 5.41) is 9.36. The second-order valence-corrected chi connectivity index (χ2v) is 4.67. The molecule has 1 heterocycles. The van der Waals surface area contributed by atoms with E-state index in [1.54, 1.807) is 19.1 Å². The fourth-order valence-electron chi connectivity index (χ4n) is 2.00. The van der Waals surface area contributed by atoms with E-state index in [2.05, 4.69) is 4.90 Å². The fraction of sp³-hybridized carbons (Fsp3) is 0.571. The summed E-state index contributed by atoms with van der Waals surface area (Å²) in [7, 11) is 0. The number of ether oxygens (including phenoxy) is 2. The number of nitrogens with zero attached hydrogens (tertiary/aromatic N) is 1. The Morgan fingerprint density at radius 3 is 2.79 bits per heavy atom. The molecule has 2 rings (SSSR count). The molecule has 0 aromatic heterocycles. The SMILES string of the molecule is C[C@H](O)c1ccc(OCCN2CCOCC2)c(F)c1. The number of benzene rings is 1. The highest BCUT2D eigenvalue weighted by Crippen LogP contribution is 2.21. The molecule has 5 heteroatoms. The number of aliphatic hydroxyl groups is 1. The van der Waals surface area contributed by atoms with Gasteiger partial charge in [-0.05, 0) is 24.6 Å². The molecule has 1 atom stereocenters. The molecule has 4 nitrogen and oxygen atoms in total. The van der Waals surface area contributed by atoms with E-state index >= 15 is 0 Å². The van der Waals surface area contributed by atoms with Gasteiger partial charge < -0.3 is 14.6 Å². The van der Waals surface area contributed by atoms with Gasteiger partial charge in [0.15, 0.2) is 11.6 Å². The van der Waals surface area contributed by atoms with Gasteiger partial charge >= 0.3 is 0 Å². The normalized spacial score (nSPS) is 18.3. The maximum atomic E-state index is 13.7. The van der Waals surface area contributed by atoms with Crippen LogP contribution in [0, 0.1) is 5.82 Å². The number of morpholine rings is 1. The van der Waals surface area contributed by atoms with Crippen molar-refractivity contribution < 1.29 is 19.0 Å². The van der Waals surface area contributed by atoms with Gasteiger partial charge in [0.2, 0.25) is 0 Å². The summed E-state index contributed by atoms with van der Waals surface area (Å²) >= 11 is 0. The maximum absolute atomic E-state index is 13.7. The van der Waals surface area contributed by atoms with E-state index in [1.807, 2.05) is 0 Å². The average Bonchev–Trinajstić information content (AvgIpc) is 2.41. The van der Waals surface area contributed by atoms with Crippen LogP contribution in [0.2, 0.25) is 0 Å². The topological polar surface area (TPSA) is 41.9 Å². The molecule has 0 bridgehead atoms. The molecule has 1 aromatic carbocycles. The minimum atomic E-state index is -0.670. The molecule has 0 radical (unpaired) electrons. The first kappa shape index (κ1) is 14.2. The predicted molar refractivity (Wildman–Crippen MR) is 69.8 cm³/mol. The first-order chi connectivity index (χ1) is 9.16. The minimum Gasteiger partial charge on any atom is -0.489 e. The molecule has 1 aliphatic rings. The van der Waals surface area contributed by atoms with Crippen molar-refractivity contribution in [3.63, 3.8) is 0 Å². The van der Waals surface area contributed by atoms with Crippen LogP contribution in [0.1, 0.15) is 18.6 Å². The molecule has 1 N–H and O–H groups in total.